The lowest BCUT2D eigenvalue weighted by Crippen LogP contribution is -2.30. The molecule has 124 valence electrons. The first-order chi connectivity index (χ1) is 12.1. The van der Waals surface area contributed by atoms with Crippen LogP contribution in [0.15, 0.2) is 83.5 Å². The lowest BCUT2D eigenvalue weighted by atomic mass is 10.1. The molecule has 0 spiro atoms. The molecule has 0 saturated heterocycles. The summed E-state index contributed by atoms with van der Waals surface area (Å²) in [6, 6.07) is 19.1. The maximum absolute atomic E-state index is 12.5. The number of hydrazone groups is 1. The van der Waals surface area contributed by atoms with Crippen LogP contribution >= 0.6 is 0 Å². The van der Waals surface area contributed by atoms with Crippen LogP contribution in [-0.4, -0.2) is 22.5 Å². The molecule has 1 aliphatic rings. The Labute approximate surface area is 146 Å². The molecule has 4 nitrogen and oxygen atoms in total. The first-order valence-electron chi connectivity index (χ1n) is 8.05. The van der Waals surface area contributed by atoms with Gasteiger partial charge in [0, 0.05) is 0 Å². The van der Waals surface area contributed by atoms with Gasteiger partial charge in [0.05, 0.1) is 17.7 Å². The molecule has 2 aromatic rings. The molecular formula is C21H18N2O2. The highest BCUT2D eigenvalue weighted by Gasteiger charge is 2.31. The Bertz CT molecular complexity index is 865. The van der Waals surface area contributed by atoms with Crippen molar-refractivity contribution in [3.63, 3.8) is 0 Å². The number of carbonyl (C=O) groups excluding carboxylic acids is 2. The molecule has 1 heterocycles. The molecule has 4 heteroatoms. The zero-order valence-corrected chi connectivity index (χ0v) is 13.9. The molecule has 0 N–H and O–H groups in total. The first kappa shape index (κ1) is 16.6. The van der Waals surface area contributed by atoms with Crippen molar-refractivity contribution in [3.8, 4) is 0 Å². The third kappa shape index (κ3) is 3.98. The van der Waals surface area contributed by atoms with Crippen molar-refractivity contribution >= 4 is 23.6 Å². The second-order valence-electron chi connectivity index (χ2n) is 5.71. The highest BCUT2D eigenvalue weighted by atomic mass is 16.2. The summed E-state index contributed by atoms with van der Waals surface area (Å²) < 4.78 is 0. The van der Waals surface area contributed by atoms with Crippen LogP contribution in [0.5, 0.6) is 0 Å². The zero-order chi connectivity index (χ0) is 17.6. The smallest absolute Gasteiger partial charge is 0.272 e. The van der Waals surface area contributed by atoms with Gasteiger partial charge in [-0.1, -0.05) is 72.8 Å². The van der Waals surface area contributed by atoms with E-state index in [1.807, 2.05) is 66.7 Å². The fourth-order valence-electron chi connectivity index (χ4n) is 2.54. The van der Waals surface area contributed by atoms with E-state index in [0.29, 0.717) is 11.3 Å². The molecule has 0 radical (unpaired) electrons. The minimum absolute atomic E-state index is 0.149. The molecule has 0 bridgehead atoms. The summed E-state index contributed by atoms with van der Waals surface area (Å²) in [5.41, 5.74) is 2.88. The maximum Gasteiger partial charge on any atom is 0.283 e. The van der Waals surface area contributed by atoms with Crippen LogP contribution in [0, 0.1) is 0 Å². The maximum atomic E-state index is 12.5. The summed E-state index contributed by atoms with van der Waals surface area (Å²) in [7, 11) is 0. The number of amides is 2. The van der Waals surface area contributed by atoms with Crippen molar-refractivity contribution < 1.29 is 9.59 Å². The number of rotatable bonds is 4. The van der Waals surface area contributed by atoms with E-state index in [4.69, 9.17) is 0 Å². The van der Waals surface area contributed by atoms with Gasteiger partial charge in [-0.3, -0.25) is 9.59 Å². The summed E-state index contributed by atoms with van der Waals surface area (Å²) >= 11 is 0. The van der Waals surface area contributed by atoms with Gasteiger partial charge in [-0.15, -0.1) is 0 Å². The lowest BCUT2D eigenvalue weighted by molar-refractivity contribution is -0.141. The van der Waals surface area contributed by atoms with Crippen LogP contribution in [-0.2, 0) is 16.0 Å². The predicted molar refractivity (Wildman–Crippen MR) is 98.7 cm³/mol. The number of nitrogens with zero attached hydrogens (tertiary/aromatic N) is 2. The fraction of sp³-hybridized carbons (Fsp3) is 0.0952. The van der Waals surface area contributed by atoms with Gasteiger partial charge in [0.2, 0.25) is 0 Å². The highest BCUT2D eigenvalue weighted by molar-refractivity contribution is 6.27. The third-order valence-corrected chi connectivity index (χ3v) is 3.85. The normalized spacial score (nSPS) is 15.9. The molecule has 1 aliphatic heterocycles. The van der Waals surface area contributed by atoms with Crippen LogP contribution in [0.25, 0.3) is 6.08 Å². The van der Waals surface area contributed by atoms with E-state index in [2.05, 4.69) is 5.10 Å². The number of allylic oxidation sites excluding steroid dienone is 2. The van der Waals surface area contributed by atoms with E-state index >= 15 is 0 Å². The van der Waals surface area contributed by atoms with Crippen molar-refractivity contribution in [2.75, 3.05) is 0 Å². The molecule has 3 rings (SSSR count). The van der Waals surface area contributed by atoms with Gasteiger partial charge in [0.25, 0.3) is 11.8 Å². The average molecular weight is 330 g/mol. The molecule has 0 aromatic heterocycles. The molecule has 2 aromatic carbocycles. The van der Waals surface area contributed by atoms with Gasteiger partial charge in [0.1, 0.15) is 0 Å². The first-order valence-corrected chi connectivity index (χ1v) is 8.05. The van der Waals surface area contributed by atoms with Gasteiger partial charge in [-0.25, -0.2) is 0 Å². The predicted octanol–water partition coefficient (Wildman–Crippen LogP) is 3.61. The van der Waals surface area contributed by atoms with Crippen LogP contribution < -0.4 is 0 Å². The average Bonchev–Trinajstić information content (AvgIpc) is 2.92. The van der Waals surface area contributed by atoms with Crippen molar-refractivity contribution in [3.05, 3.63) is 89.5 Å². The summed E-state index contributed by atoms with van der Waals surface area (Å²) in [5.74, 6) is -0.706. The van der Waals surface area contributed by atoms with Crippen molar-refractivity contribution in [2.24, 2.45) is 5.10 Å². The zero-order valence-electron chi connectivity index (χ0n) is 13.9. The van der Waals surface area contributed by atoms with E-state index in [0.717, 1.165) is 16.1 Å². The second-order valence-corrected chi connectivity index (χ2v) is 5.71. The van der Waals surface area contributed by atoms with Crippen molar-refractivity contribution in [1.82, 2.24) is 5.01 Å². The third-order valence-electron chi connectivity index (χ3n) is 3.85. The summed E-state index contributed by atoms with van der Waals surface area (Å²) in [5, 5.41) is 5.08. The Hall–Kier alpha value is -3.27. The van der Waals surface area contributed by atoms with E-state index in [1.165, 1.54) is 0 Å². The van der Waals surface area contributed by atoms with Gasteiger partial charge >= 0.3 is 0 Å². The SMILES string of the molecule is CC1=NN(C(=O)Cc2ccccc2)C(=O)C1=CC=Cc1ccccc1. The molecule has 0 saturated carbocycles. The second kappa shape index (κ2) is 7.53. The van der Waals surface area contributed by atoms with E-state index in [9.17, 15) is 9.59 Å². The minimum atomic E-state index is -0.379. The highest BCUT2D eigenvalue weighted by Crippen LogP contribution is 2.17. The Balaban J connectivity index is 1.71. The molecule has 0 fully saturated rings. The van der Waals surface area contributed by atoms with Gasteiger partial charge in [0.15, 0.2) is 0 Å². The number of benzene rings is 2. The Morgan fingerprint density at radius 2 is 1.68 bits per heavy atom. The molecule has 0 atom stereocenters. The minimum Gasteiger partial charge on any atom is -0.272 e. The van der Waals surface area contributed by atoms with Crippen LogP contribution in [0.2, 0.25) is 0 Å². The standard InChI is InChI=1S/C21H18N2O2/c1-16-19(14-8-13-17-9-4-2-5-10-17)21(25)23(22-16)20(24)15-18-11-6-3-7-12-18/h2-14H,15H2,1H3. The lowest BCUT2D eigenvalue weighted by Gasteiger charge is -2.09. The molecule has 0 aliphatic carbocycles. The fourth-order valence-corrected chi connectivity index (χ4v) is 2.54. The van der Waals surface area contributed by atoms with Crippen molar-refractivity contribution in [1.29, 1.82) is 0 Å². The van der Waals surface area contributed by atoms with Gasteiger partial charge in [-0.05, 0) is 24.1 Å². The van der Waals surface area contributed by atoms with Crippen molar-refractivity contribution in [2.45, 2.75) is 13.3 Å². The van der Waals surface area contributed by atoms with E-state index in [-0.39, 0.29) is 18.2 Å². The largest absolute Gasteiger partial charge is 0.283 e. The Morgan fingerprint density at radius 3 is 2.36 bits per heavy atom. The van der Waals surface area contributed by atoms with E-state index < -0.39 is 0 Å². The summed E-state index contributed by atoms with van der Waals surface area (Å²) in [6.07, 6.45) is 5.55. The number of hydrogen-bond donors (Lipinski definition) is 0. The molecular weight excluding hydrogens is 312 g/mol. The number of hydrogen-bond acceptors (Lipinski definition) is 3. The molecule has 25 heavy (non-hydrogen) atoms. The molecule has 0 unspecified atom stereocenters. The van der Waals surface area contributed by atoms with E-state index in [1.54, 1.807) is 19.1 Å². The Morgan fingerprint density at radius 1 is 1.04 bits per heavy atom. The Kier molecular flexibility index (Phi) is 5.00. The van der Waals surface area contributed by atoms with Gasteiger partial charge in [-0.2, -0.15) is 10.1 Å². The molecule has 2 amide bonds. The van der Waals surface area contributed by atoms with Gasteiger partial charge < -0.3 is 0 Å². The van der Waals surface area contributed by atoms with Crippen LogP contribution in [0.3, 0.4) is 0 Å². The summed E-state index contributed by atoms with van der Waals surface area (Å²) in [4.78, 5) is 24.8. The van der Waals surface area contributed by atoms with Crippen LogP contribution in [0.4, 0.5) is 0 Å². The summed E-state index contributed by atoms with van der Waals surface area (Å²) in [6.45, 7) is 1.73. The topological polar surface area (TPSA) is 49.7 Å². The van der Waals surface area contributed by atoms with Crippen LogP contribution in [0.1, 0.15) is 18.1 Å². The number of carbonyl (C=O) groups is 2. The quantitative estimate of drug-likeness (QED) is 0.804. The number of imide groups is 1. The monoisotopic (exact) mass is 330 g/mol.